The van der Waals surface area contributed by atoms with Gasteiger partial charge < -0.3 is 5.32 Å². The highest BCUT2D eigenvalue weighted by Crippen LogP contribution is 2.16. The number of nitrogens with zero attached hydrogens (tertiary/aromatic N) is 3. The Kier molecular flexibility index (Phi) is 5.70. The minimum atomic E-state index is -0.448. The van der Waals surface area contributed by atoms with Crippen molar-refractivity contribution in [2.24, 2.45) is 5.10 Å². The molecule has 0 unspecified atom stereocenters. The maximum atomic E-state index is 11.0. The van der Waals surface area contributed by atoms with Gasteiger partial charge in [-0.05, 0) is 31.3 Å². The predicted molar refractivity (Wildman–Crippen MR) is 92.4 cm³/mol. The Morgan fingerprint density at radius 2 is 2.17 bits per heavy atom. The van der Waals surface area contributed by atoms with Gasteiger partial charge in [0.05, 0.1) is 10.6 Å². The highest BCUT2D eigenvalue weighted by Gasteiger charge is 2.13. The monoisotopic (exact) mass is 329 g/mol. The van der Waals surface area contributed by atoms with E-state index in [0.717, 1.165) is 0 Å². The zero-order valence-electron chi connectivity index (χ0n) is 12.4. The van der Waals surface area contributed by atoms with Crippen molar-refractivity contribution in [3.8, 4) is 0 Å². The number of aromatic nitrogens is 1. The summed E-state index contributed by atoms with van der Waals surface area (Å²) in [7, 11) is 0. The summed E-state index contributed by atoms with van der Waals surface area (Å²) in [6.07, 6.45) is 1.63. The molecule has 0 amide bonds. The molecule has 0 aliphatic rings. The number of benzene rings is 1. The van der Waals surface area contributed by atoms with Gasteiger partial charge in [-0.25, -0.2) is 0 Å². The number of thiocarbonyl (C=S) groups is 1. The second kappa shape index (κ2) is 7.95. The molecule has 2 N–H and O–H groups in total. The smallest absolute Gasteiger partial charge is 0.270 e. The Balaban J connectivity index is 2.41. The lowest BCUT2D eigenvalue weighted by Gasteiger charge is -2.09. The first kappa shape index (κ1) is 16.5. The quantitative estimate of drug-likeness (QED) is 0.378. The molecule has 0 radical (unpaired) electrons. The third kappa shape index (κ3) is 4.55. The van der Waals surface area contributed by atoms with Crippen molar-refractivity contribution in [2.75, 3.05) is 6.54 Å². The van der Waals surface area contributed by atoms with Gasteiger partial charge >= 0.3 is 0 Å². The Morgan fingerprint density at radius 1 is 1.35 bits per heavy atom. The maximum Gasteiger partial charge on any atom is 0.270 e. The molecule has 23 heavy (non-hydrogen) atoms. The summed E-state index contributed by atoms with van der Waals surface area (Å²) in [6.45, 7) is 2.58. The number of pyridine rings is 1. The van der Waals surface area contributed by atoms with E-state index < -0.39 is 4.92 Å². The molecule has 0 aliphatic carbocycles. The number of hydrogen-bond acceptors (Lipinski definition) is 5. The Morgan fingerprint density at radius 3 is 2.83 bits per heavy atom. The Labute approximate surface area is 138 Å². The largest absolute Gasteiger partial charge is 0.362 e. The molecule has 8 heteroatoms. The summed E-state index contributed by atoms with van der Waals surface area (Å²) in [5, 5.41) is 18.5. The lowest BCUT2D eigenvalue weighted by molar-refractivity contribution is -0.384. The molecule has 0 atom stereocenters. The van der Waals surface area contributed by atoms with Crippen LogP contribution in [-0.2, 0) is 0 Å². The third-order valence-corrected chi connectivity index (χ3v) is 3.08. The second-order valence-corrected chi connectivity index (χ2v) is 4.86. The number of hydrogen-bond donors (Lipinski definition) is 2. The van der Waals surface area contributed by atoms with Crippen LogP contribution in [0, 0.1) is 10.1 Å². The number of nitro benzene ring substituents is 1. The van der Waals surface area contributed by atoms with Gasteiger partial charge in [0, 0.05) is 30.4 Å². The average molecular weight is 329 g/mol. The van der Waals surface area contributed by atoms with Crippen LogP contribution in [0.5, 0.6) is 0 Å². The number of non-ortho nitro benzene ring substituents is 1. The molecule has 0 bridgehead atoms. The normalized spacial score (nSPS) is 10.9. The van der Waals surface area contributed by atoms with Crippen LogP contribution in [-0.4, -0.2) is 27.3 Å². The second-order valence-electron chi connectivity index (χ2n) is 4.45. The van der Waals surface area contributed by atoms with Gasteiger partial charge in [-0.3, -0.25) is 20.5 Å². The fraction of sp³-hybridized carbons (Fsp3) is 0.133. The van der Waals surface area contributed by atoms with Crippen molar-refractivity contribution < 1.29 is 4.92 Å². The molecule has 0 fully saturated rings. The summed E-state index contributed by atoms with van der Waals surface area (Å²) in [5.74, 6) is 0. The highest BCUT2D eigenvalue weighted by molar-refractivity contribution is 7.80. The van der Waals surface area contributed by atoms with Crippen LogP contribution < -0.4 is 10.7 Å². The van der Waals surface area contributed by atoms with Crippen LogP contribution in [0.25, 0.3) is 0 Å². The van der Waals surface area contributed by atoms with Crippen LogP contribution in [0.3, 0.4) is 0 Å². The van der Waals surface area contributed by atoms with Crippen molar-refractivity contribution in [1.82, 2.24) is 15.7 Å². The van der Waals surface area contributed by atoms with Crippen molar-refractivity contribution in [2.45, 2.75) is 6.92 Å². The topological polar surface area (TPSA) is 92.5 Å². The zero-order chi connectivity index (χ0) is 16.7. The van der Waals surface area contributed by atoms with E-state index in [9.17, 15) is 10.1 Å². The Bertz CT molecular complexity index is 734. The van der Waals surface area contributed by atoms with Gasteiger partial charge in [-0.2, -0.15) is 5.10 Å². The first-order valence-corrected chi connectivity index (χ1v) is 7.30. The van der Waals surface area contributed by atoms with Crippen LogP contribution in [0.2, 0.25) is 0 Å². The standard InChI is InChI=1S/C15H15N5O2S/c1-2-16-15(23)19-18-14(13-8-3-4-9-17-13)11-6-5-7-12(10-11)20(21)22/h3-10H,2H2,1H3,(H2,16,19,23)/b18-14-. The van der Waals surface area contributed by atoms with Crippen LogP contribution in [0.15, 0.2) is 53.8 Å². The predicted octanol–water partition coefficient (Wildman–Crippen LogP) is 2.23. The molecular formula is C15H15N5O2S. The fourth-order valence-electron chi connectivity index (χ4n) is 1.85. The molecule has 1 aromatic carbocycles. The minimum absolute atomic E-state index is 0.0135. The van der Waals surface area contributed by atoms with Crippen LogP contribution in [0.1, 0.15) is 18.2 Å². The van der Waals surface area contributed by atoms with E-state index in [1.54, 1.807) is 30.5 Å². The summed E-state index contributed by atoms with van der Waals surface area (Å²) in [4.78, 5) is 14.8. The summed E-state index contributed by atoms with van der Waals surface area (Å²) < 4.78 is 0. The van der Waals surface area contributed by atoms with E-state index in [0.29, 0.717) is 28.6 Å². The third-order valence-electron chi connectivity index (χ3n) is 2.84. The average Bonchev–Trinajstić information content (AvgIpc) is 2.56. The summed E-state index contributed by atoms with van der Waals surface area (Å²) in [5.41, 5.74) is 4.34. The van der Waals surface area contributed by atoms with Crippen LogP contribution >= 0.6 is 12.2 Å². The van der Waals surface area contributed by atoms with Gasteiger partial charge in [0.25, 0.3) is 5.69 Å². The van der Waals surface area contributed by atoms with Gasteiger partial charge in [-0.1, -0.05) is 18.2 Å². The maximum absolute atomic E-state index is 11.0. The van der Waals surface area contributed by atoms with E-state index in [-0.39, 0.29) is 5.69 Å². The molecule has 1 aromatic heterocycles. The number of nitro groups is 1. The van der Waals surface area contributed by atoms with Gasteiger partial charge in [0.1, 0.15) is 5.71 Å². The van der Waals surface area contributed by atoms with E-state index in [4.69, 9.17) is 12.2 Å². The highest BCUT2D eigenvalue weighted by atomic mass is 32.1. The first-order chi connectivity index (χ1) is 11.1. The summed E-state index contributed by atoms with van der Waals surface area (Å²) in [6, 6.07) is 11.6. The lowest BCUT2D eigenvalue weighted by atomic mass is 10.1. The van der Waals surface area contributed by atoms with E-state index in [1.165, 1.54) is 12.1 Å². The van der Waals surface area contributed by atoms with E-state index >= 15 is 0 Å². The molecule has 2 rings (SSSR count). The van der Waals surface area contributed by atoms with Crippen molar-refractivity contribution in [3.63, 3.8) is 0 Å². The zero-order valence-corrected chi connectivity index (χ0v) is 13.2. The van der Waals surface area contributed by atoms with Crippen molar-refractivity contribution in [1.29, 1.82) is 0 Å². The summed E-state index contributed by atoms with van der Waals surface area (Å²) >= 11 is 5.08. The molecule has 118 valence electrons. The number of rotatable bonds is 5. The molecule has 7 nitrogen and oxygen atoms in total. The SMILES string of the molecule is CCNC(=S)N/N=C(/c1cccc([N+](=O)[O-])c1)c1ccccn1. The molecule has 0 saturated heterocycles. The number of nitrogens with one attached hydrogen (secondary N) is 2. The molecule has 1 heterocycles. The minimum Gasteiger partial charge on any atom is -0.362 e. The fourth-order valence-corrected chi connectivity index (χ4v) is 2.04. The molecular weight excluding hydrogens is 314 g/mol. The lowest BCUT2D eigenvalue weighted by Crippen LogP contribution is -2.32. The van der Waals surface area contributed by atoms with E-state index in [1.807, 2.05) is 13.0 Å². The Hall–Kier alpha value is -2.87. The van der Waals surface area contributed by atoms with Gasteiger partial charge in [-0.15, -0.1) is 0 Å². The van der Waals surface area contributed by atoms with Gasteiger partial charge in [0.2, 0.25) is 0 Å². The molecule has 0 saturated carbocycles. The van der Waals surface area contributed by atoms with Crippen molar-refractivity contribution >= 4 is 28.7 Å². The molecule has 0 aliphatic heterocycles. The van der Waals surface area contributed by atoms with Crippen LogP contribution in [0.4, 0.5) is 5.69 Å². The van der Waals surface area contributed by atoms with Gasteiger partial charge in [0.15, 0.2) is 5.11 Å². The van der Waals surface area contributed by atoms with Crippen molar-refractivity contribution in [3.05, 3.63) is 70.0 Å². The number of hydrazone groups is 1. The molecule has 2 aromatic rings. The molecule has 0 spiro atoms. The van der Waals surface area contributed by atoms with E-state index in [2.05, 4.69) is 20.8 Å². The first-order valence-electron chi connectivity index (χ1n) is 6.89.